The predicted molar refractivity (Wildman–Crippen MR) is 88.4 cm³/mol. The third-order valence-corrected chi connectivity index (χ3v) is 4.11. The van der Waals surface area contributed by atoms with E-state index in [1.165, 1.54) is 0 Å². The lowest BCUT2D eigenvalue weighted by molar-refractivity contribution is -0.0226. The van der Waals surface area contributed by atoms with Crippen molar-refractivity contribution in [2.75, 3.05) is 19.7 Å². The van der Waals surface area contributed by atoms with Crippen LogP contribution in [0.2, 0.25) is 0 Å². The first kappa shape index (κ1) is 15.5. The molecule has 1 atom stereocenters. The van der Waals surface area contributed by atoms with Crippen molar-refractivity contribution in [1.29, 1.82) is 0 Å². The molecular weight excluding hydrogens is 292 g/mol. The van der Waals surface area contributed by atoms with Crippen molar-refractivity contribution < 1.29 is 9.53 Å². The van der Waals surface area contributed by atoms with Gasteiger partial charge in [0.2, 0.25) is 0 Å². The minimum absolute atomic E-state index is 0.0513. The van der Waals surface area contributed by atoms with Crippen molar-refractivity contribution in [3.63, 3.8) is 0 Å². The number of H-pyrrole nitrogens is 1. The van der Waals surface area contributed by atoms with Crippen molar-refractivity contribution in [3.8, 4) is 11.3 Å². The molecule has 0 aliphatic carbocycles. The van der Waals surface area contributed by atoms with Crippen LogP contribution in [0.3, 0.4) is 0 Å². The van der Waals surface area contributed by atoms with Crippen LogP contribution in [0.5, 0.6) is 0 Å². The smallest absolute Gasteiger partial charge is 0.261 e. The number of nitrogens with zero attached hydrogens (tertiary/aromatic N) is 1. The standard InChI is InChI=1S/C18H20N2O3/c1-2-14-12-20(10-11-23-14)18(22)15-8-9-16(19-17(15)21)13-6-4-3-5-7-13/h3-9,14H,2,10-12H2,1H3,(H,19,21)/t14-/m0/s1. The molecule has 2 heterocycles. The van der Waals surface area contributed by atoms with Gasteiger partial charge in [0.1, 0.15) is 5.56 Å². The maximum atomic E-state index is 12.6. The fourth-order valence-corrected chi connectivity index (χ4v) is 2.75. The largest absolute Gasteiger partial charge is 0.375 e. The van der Waals surface area contributed by atoms with E-state index < -0.39 is 0 Å². The molecule has 1 amide bonds. The van der Waals surface area contributed by atoms with Gasteiger partial charge in [0.25, 0.3) is 11.5 Å². The number of hydrogen-bond acceptors (Lipinski definition) is 3. The lowest BCUT2D eigenvalue weighted by atomic mass is 10.1. The van der Waals surface area contributed by atoms with Gasteiger partial charge in [0.05, 0.1) is 12.7 Å². The van der Waals surface area contributed by atoms with Gasteiger partial charge in [-0.1, -0.05) is 37.3 Å². The first-order valence-electron chi connectivity index (χ1n) is 7.88. The fourth-order valence-electron chi connectivity index (χ4n) is 2.75. The molecule has 5 nitrogen and oxygen atoms in total. The number of aromatic nitrogens is 1. The van der Waals surface area contributed by atoms with Gasteiger partial charge >= 0.3 is 0 Å². The molecule has 23 heavy (non-hydrogen) atoms. The number of rotatable bonds is 3. The Labute approximate surface area is 134 Å². The number of carbonyl (C=O) groups is 1. The molecule has 5 heteroatoms. The predicted octanol–water partition coefficient (Wildman–Crippen LogP) is 2.29. The first-order chi connectivity index (χ1) is 11.2. The van der Waals surface area contributed by atoms with E-state index >= 15 is 0 Å². The molecule has 0 saturated carbocycles. The number of carbonyl (C=O) groups excluding carboxylic acids is 1. The maximum absolute atomic E-state index is 12.6. The number of hydrogen-bond donors (Lipinski definition) is 1. The topological polar surface area (TPSA) is 62.4 Å². The number of aromatic amines is 1. The maximum Gasteiger partial charge on any atom is 0.261 e. The highest BCUT2D eigenvalue weighted by Gasteiger charge is 2.25. The zero-order valence-electron chi connectivity index (χ0n) is 13.1. The van der Waals surface area contributed by atoms with Crippen LogP contribution in [-0.4, -0.2) is 41.6 Å². The number of benzene rings is 1. The Morgan fingerprint density at radius 2 is 2.04 bits per heavy atom. The molecule has 120 valence electrons. The summed E-state index contributed by atoms with van der Waals surface area (Å²) in [6.07, 6.45) is 0.906. The number of nitrogens with one attached hydrogen (secondary N) is 1. The van der Waals surface area contributed by atoms with E-state index in [0.717, 1.165) is 12.0 Å². The van der Waals surface area contributed by atoms with Crippen molar-refractivity contribution in [2.45, 2.75) is 19.4 Å². The summed E-state index contributed by atoms with van der Waals surface area (Å²) in [5.74, 6) is -0.229. The minimum atomic E-state index is -0.351. The highest BCUT2D eigenvalue weighted by Crippen LogP contribution is 2.16. The van der Waals surface area contributed by atoms with Gasteiger partial charge in [-0.05, 0) is 24.1 Å². The third kappa shape index (κ3) is 3.35. The molecule has 1 saturated heterocycles. The summed E-state index contributed by atoms with van der Waals surface area (Å²) in [5, 5.41) is 0. The molecule has 1 aromatic heterocycles. The van der Waals surface area contributed by atoms with Crippen LogP contribution in [0, 0.1) is 0 Å². The summed E-state index contributed by atoms with van der Waals surface area (Å²) in [6, 6.07) is 13.0. The average molecular weight is 312 g/mol. The Hall–Kier alpha value is -2.40. The molecule has 0 unspecified atom stereocenters. The Balaban J connectivity index is 1.83. The summed E-state index contributed by atoms with van der Waals surface area (Å²) in [4.78, 5) is 29.4. The Morgan fingerprint density at radius 3 is 2.74 bits per heavy atom. The zero-order chi connectivity index (χ0) is 16.2. The molecule has 1 aliphatic rings. The highest BCUT2D eigenvalue weighted by atomic mass is 16.5. The van der Waals surface area contributed by atoms with Crippen LogP contribution < -0.4 is 5.56 Å². The van der Waals surface area contributed by atoms with Crippen molar-refractivity contribution >= 4 is 5.91 Å². The second-order valence-electron chi connectivity index (χ2n) is 5.63. The van der Waals surface area contributed by atoms with Gasteiger partial charge in [-0.3, -0.25) is 9.59 Å². The zero-order valence-corrected chi connectivity index (χ0v) is 13.1. The van der Waals surface area contributed by atoms with Gasteiger partial charge < -0.3 is 14.6 Å². The molecule has 0 radical (unpaired) electrons. The van der Waals surface area contributed by atoms with Gasteiger partial charge in [-0.2, -0.15) is 0 Å². The lowest BCUT2D eigenvalue weighted by Gasteiger charge is -2.32. The van der Waals surface area contributed by atoms with E-state index in [1.54, 1.807) is 17.0 Å². The Morgan fingerprint density at radius 1 is 1.26 bits per heavy atom. The normalized spacial score (nSPS) is 18.0. The van der Waals surface area contributed by atoms with Crippen molar-refractivity contribution in [1.82, 2.24) is 9.88 Å². The fraction of sp³-hybridized carbons (Fsp3) is 0.333. The number of pyridine rings is 1. The van der Waals surface area contributed by atoms with E-state index in [1.807, 2.05) is 37.3 Å². The minimum Gasteiger partial charge on any atom is -0.375 e. The summed E-state index contributed by atoms with van der Waals surface area (Å²) in [7, 11) is 0. The molecule has 1 aromatic carbocycles. The van der Waals surface area contributed by atoms with Crippen LogP contribution in [-0.2, 0) is 4.74 Å². The summed E-state index contributed by atoms with van der Waals surface area (Å²) >= 11 is 0. The van der Waals surface area contributed by atoms with E-state index in [9.17, 15) is 9.59 Å². The summed E-state index contributed by atoms with van der Waals surface area (Å²) < 4.78 is 5.57. The van der Waals surface area contributed by atoms with E-state index in [0.29, 0.717) is 25.4 Å². The van der Waals surface area contributed by atoms with Gasteiger partial charge in [0.15, 0.2) is 0 Å². The first-order valence-corrected chi connectivity index (χ1v) is 7.88. The molecule has 0 spiro atoms. The SMILES string of the molecule is CC[C@H]1CN(C(=O)c2ccc(-c3ccccc3)[nH]c2=O)CCO1. The number of morpholine rings is 1. The second-order valence-corrected chi connectivity index (χ2v) is 5.63. The average Bonchev–Trinajstić information content (AvgIpc) is 2.62. The van der Waals surface area contributed by atoms with Crippen LogP contribution in [0.15, 0.2) is 47.3 Å². The van der Waals surface area contributed by atoms with Crippen LogP contribution in [0.1, 0.15) is 23.7 Å². The summed E-state index contributed by atoms with van der Waals surface area (Å²) in [5.41, 5.74) is 1.46. The van der Waals surface area contributed by atoms with E-state index in [2.05, 4.69) is 4.98 Å². The van der Waals surface area contributed by atoms with Crippen LogP contribution >= 0.6 is 0 Å². The van der Waals surface area contributed by atoms with Crippen LogP contribution in [0.25, 0.3) is 11.3 Å². The van der Waals surface area contributed by atoms with Gasteiger partial charge in [0, 0.05) is 18.8 Å². The quantitative estimate of drug-likeness (QED) is 0.946. The molecule has 3 rings (SSSR count). The molecule has 1 aliphatic heterocycles. The lowest BCUT2D eigenvalue weighted by Crippen LogP contribution is -2.46. The van der Waals surface area contributed by atoms with Gasteiger partial charge in [-0.25, -0.2) is 0 Å². The van der Waals surface area contributed by atoms with Crippen molar-refractivity contribution in [3.05, 3.63) is 58.4 Å². The number of amides is 1. The highest BCUT2D eigenvalue weighted by molar-refractivity contribution is 5.94. The Kier molecular flexibility index (Phi) is 4.57. The number of ether oxygens (including phenoxy) is 1. The molecule has 0 bridgehead atoms. The molecule has 1 fully saturated rings. The van der Waals surface area contributed by atoms with Crippen LogP contribution in [0.4, 0.5) is 0 Å². The molecule has 1 N–H and O–H groups in total. The molecule has 2 aromatic rings. The summed E-state index contributed by atoms with van der Waals surface area (Å²) in [6.45, 7) is 3.61. The van der Waals surface area contributed by atoms with E-state index in [4.69, 9.17) is 4.74 Å². The third-order valence-electron chi connectivity index (χ3n) is 4.11. The second kappa shape index (κ2) is 6.79. The molecular formula is C18H20N2O3. The van der Waals surface area contributed by atoms with Gasteiger partial charge in [-0.15, -0.1) is 0 Å². The Bertz CT molecular complexity index is 739. The van der Waals surface area contributed by atoms with Crippen molar-refractivity contribution in [2.24, 2.45) is 0 Å². The monoisotopic (exact) mass is 312 g/mol. The van der Waals surface area contributed by atoms with E-state index in [-0.39, 0.29) is 23.1 Å².